The number of fused-ring (bicyclic) bond motifs is 1. The SMILES string of the molecule is CCC(Cc1cn[nH]c2ncnc1-2)C(Cc1ccc(Cl)cc1Cl)OC. The third-order valence-corrected chi connectivity index (χ3v) is 5.15. The first kappa shape index (κ1) is 18.1. The van der Waals surface area contributed by atoms with E-state index >= 15 is 0 Å². The number of rotatable bonds is 7. The maximum atomic E-state index is 6.33. The summed E-state index contributed by atoms with van der Waals surface area (Å²) < 4.78 is 5.80. The summed E-state index contributed by atoms with van der Waals surface area (Å²) >= 11 is 12.3. The second-order valence-electron chi connectivity index (χ2n) is 6.05. The van der Waals surface area contributed by atoms with Crippen LogP contribution in [0.5, 0.6) is 0 Å². The predicted octanol–water partition coefficient (Wildman–Crippen LogP) is 4.44. The van der Waals surface area contributed by atoms with Gasteiger partial charge in [-0.15, -0.1) is 0 Å². The van der Waals surface area contributed by atoms with Crippen LogP contribution in [0.2, 0.25) is 10.0 Å². The number of aromatic amines is 1. The van der Waals surface area contributed by atoms with Gasteiger partial charge in [-0.05, 0) is 30.0 Å². The fourth-order valence-electron chi connectivity index (χ4n) is 3.13. The Morgan fingerprint density at radius 2 is 2.00 bits per heavy atom. The van der Waals surface area contributed by atoms with Crippen LogP contribution in [0.15, 0.2) is 30.7 Å². The van der Waals surface area contributed by atoms with Gasteiger partial charge in [-0.2, -0.15) is 5.10 Å². The van der Waals surface area contributed by atoms with Crippen molar-refractivity contribution in [1.82, 2.24) is 20.2 Å². The lowest BCUT2D eigenvalue weighted by molar-refractivity contribution is 0.0505. The first-order valence-electron chi connectivity index (χ1n) is 8.22. The maximum absolute atomic E-state index is 6.33. The smallest absolute Gasteiger partial charge is 0.174 e. The van der Waals surface area contributed by atoms with Crippen LogP contribution in [0.4, 0.5) is 0 Å². The van der Waals surface area contributed by atoms with Crippen molar-refractivity contribution in [2.24, 2.45) is 5.92 Å². The quantitative estimate of drug-likeness (QED) is 0.659. The van der Waals surface area contributed by atoms with Gasteiger partial charge in [-0.1, -0.05) is 42.6 Å². The number of nitrogens with one attached hydrogen (secondary N) is 1. The number of aromatic nitrogens is 4. The molecule has 25 heavy (non-hydrogen) atoms. The highest BCUT2D eigenvalue weighted by atomic mass is 35.5. The van der Waals surface area contributed by atoms with Crippen molar-refractivity contribution in [3.05, 3.63) is 51.9 Å². The number of benzene rings is 1. The molecule has 0 aliphatic carbocycles. The van der Waals surface area contributed by atoms with Gasteiger partial charge in [0, 0.05) is 29.1 Å². The van der Waals surface area contributed by atoms with Crippen molar-refractivity contribution in [3.8, 4) is 11.5 Å². The minimum absolute atomic E-state index is 0.0332. The van der Waals surface area contributed by atoms with Gasteiger partial charge >= 0.3 is 0 Å². The molecule has 2 aliphatic rings. The maximum Gasteiger partial charge on any atom is 0.174 e. The van der Waals surface area contributed by atoms with Crippen LogP contribution < -0.4 is 0 Å². The molecule has 0 bridgehead atoms. The summed E-state index contributed by atoms with van der Waals surface area (Å²) in [6, 6.07) is 5.59. The van der Waals surface area contributed by atoms with Crippen LogP contribution in [0.3, 0.4) is 0 Å². The van der Waals surface area contributed by atoms with Gasteiger partial charge in [-0.25, -0.2) is 9.97 Å². The lowest BCUT2D eigenvalue weighted by Gasteiger charge is -2.26. The summed E-state index contributed by atoms with van der Waals surface area (Å²) in [5, 5.41) is 8.34. The summed E-state index contributed by atoms with van der Waals surface area (Å²) in [7, 11) is 1.74. The molecule has 1 N–H and O–H groups in total. The zero-order valence-corrected chi connectivity index (χ0v) is 15.7. The Labute approximate surface area is 157 Å². The molecule has 2 heterocycles. The van der Waals surface area contributed by atoms with Crippen LogP contribution in [0.25, 0.3) is 11.5 Å². The molecule has 0 fully saturated rings. The van der Waals surface area contributed by atoms with Gasteiger partial charge in [-0.3, -0.25) is 5.10 Å². The van der Waals surface area contributed by atoms with Gasteiger partial charge in [0.05, 0.1) is 12.3 Å². The zero-order valence-electron chi connectivity index (χ0n) is 14.2. The summed E-state index contributed by atoms with van der Waals surface area (Å²) in [5.41, 5.74) is 2.98. The fourth-order valence-corrected chi connectivity index (χ4v) is 3.62. The standard InChI is InChI=1S/C18H20Cl2N4O/c1-3-11(6-13-9-23-24-18-17(13)21-10-22-18)16(25-2)7-12-4-5-14(19)8-15(12)20/h4-5,8-11,16H,3,6-7H2,1-2H3,(H,21,22,24). The molecule has 2 unspecified atom stereocenters. The minimum atomic E-state index is 0.0332. The third-order valence-electron chi connectivity index (χ3n) is 4.56. The first-order valence-corrected chi connectivity index (χ1v) is 8.97. The molecule has 0 spiro atoms. The minimum Gasteiger partial charge on any atom is -0.381 e. The van der Waals surface area contributed by atoms with Crippen molar-refractivity contribution < 1.29 is 4.74 Å². The van der Waals surface area contributed by atoms with E-state index in [1.807, 2.05) is 18.3 Å². The first-order chi connectivity index (χ1) is 12.1. The fraction of sp³-hybridized carbons (Fsp3) is 0.389. The van der Waals surface area contributed by atoms with Crippen LogP contribution >= 0.6 is 23.2 Å². The highest BCUT2D eigenvalue weighted by Crippen LogP contribution is 2.28. The summed E-state index contributed by atoms with van der Waals surface area (Å²) in [6.07, 6.45) is 5.92. The number of H-pyrrole nitrogens is 1. The lowest BCUT2D eigenvalue weighted by Crippen LogP contribution is -2.27. The predicted molar refractivity (Wildman–Crippen MR) is 99.2 cm³/mol. The Morgan fingerprint density at radius 1 is 1.16 bits per heavy atom. The van der Waals surface area contributed by atoms with E-state index in [0.717, 1.165) is 36.1 Å². The van der Waals surface area contributed by atoms with Gasteiger partial charge < -0.3 is 4.74 Å². The average molecular weight is 379 g/mol. The molecular weight excluding hydrogens is 359 g/mol. The Kier molecular flexibility index (Phi) is 5.89. The summed E-state index contributed by atoms with van der Waals surface area (Å²) in [5.74, 6) is 1.02. The zero-order chi connectivity index (χ0) is 17.8. The Morgan fingerprint density at radius 3 is 2.72 bits per heavy atom. The van der Waals surface area contributed by atoms with E-state index in [1.165, 1.54) is 0 Å². The molecule has 0 saturated carbocycles. The number of hydrogen-bond donors (Lipinski definition) is 1. The summed E-state index contributed by atoms with van der Waals surface area (Å²) in [4.78, 5) is 8.51. The molecule has 5 nitrogen and oxygen atoms in total. The van der Waals surface area contributed by atoms with Gasteiger partial charge in [0.1, 0.15) is 12.0 Å². The van der Waals surface area contributed by atoms with Gasteiger partial charge in [0.2, 0.25) is 0 Å². The van der Waals surface area contributed by atoms with Crippen molar-refractivity contribution >= 4 is 23.2 Å². The Hall–Kier alpha value is -1.69. The number of halogens is 2. The molecule has 0 radical (unpaired) electrons. The number of nitrogens with zero attached hydrogens (tertiary/aromatic N) is 3. The average Bonchev–Trinajstić information content (AvgIpc) is 3.09. The van der Waals surface area contributed by atoms with Crippen molar-refractivity contribution in [1.29, 1.82) is 0 Å². The molecule has 3 rings (SSSR count). The van der Waals surface area contributed by atoms with Crippen molar-refractivity contribution in [2.45, 2.75) is 32.3 Å². The van der Waals surface area contributed by atoms with E-state index in [1.54, 1.807) is 19.5 Å². The van der Waals surface area contributed by atoms with E-state index in [-0.39, 0.29) is 6.10 Å². The monoisotopic (exact) mass is 378 g/mol. The molecule has 1 aromatic rings. The normalized spacial score (nSPS) is 13.9. The van der Waals surface area contributed by atoms with Gasteiger partial charge in [0.25, 0.3) is 0 Å². The molecule has 0 aromatic heterocycles. The van der Waals surface area contributed by atoms with Gasteiger partial charge in [0.15, 0.2) is 5.82 Å². The van der Waals surface area contributed by atoms with E-state index in [0.29, 0.717) is 21.8 Å². The van der Waals surface area contributed by atoms with Crippen LogP contribution in [-0.4, -0.2) is 33.4 Å². The molecule has 2 aliphatic heterocycles. The van der Waals surface area contributed by atoms with E-state index < -0.39 is 0 Å². The highest BCUT2D eigenvalue weighted by Gasteiger charge is 2.24. The van der Waals surface area contributed by atoms with Crippen LogP contribution in [0.1, 0.15) is 24.5 Å². The summed E-state index contributed by atoms with van der Waals surface area (Å²) in [6.45, 7) is 2.16. The third kappa shape index (κ3) is 4.11. The Balaban J connectivity index is 1.79. The van der Waals surface area contributed by atoms with E-state index in [4.69, 9.17) is 27.9 Å². The number of methoxy groups -OCH3 is 1. The molecule has 2 atom stereocenters. The van der Waals surface area contributed by atoms with Crippen molar-refractivity contribution in [3.63, 3.8) is 0 Å². The molecule has 132 valence electrons. The number of imidazole rings is 1. The Bertz CT molecular complexity index is 807. The van der Waals surface area contributed by atoms with E-state index in [9.17, 15) is 0 Å². The highest BCUT2D eigenvalue weighted by molar-refractivity contribution is 6.35. The molecule has 1 aromatic carbocycles. The number of ether oxygens (including phenoxy) is 1. The second-order valence-corrected chi connectivity index (χ2v) is 6.90. The molecular formula is C18H20Cl2N4O. The van der Waals surface area contributed by atoms with E-state index in [2.05, 4.69) is 27.1 Å². The van der Waals surface area contributed by atoms with Crippen molar-refractivity contribution in [2.75, 3.05) is 7.11 Å². The largest absolute Gasteiger partial charge is 0.381 e. The topological polar surface area (TPSA) is 63.7 Å². The number of hydrogen-bond acceptors (Lipinski definition) is 4. The lowest BCUT2D eigenvalue weighted by atomic mass is 9.88. The molecule has 0 amide bonds. The van der Waals surface area contributed by atoms with Crippen LogP contribution in [0, 0.1) is 5.92 Å². The second kappa shape index (κ2) is 8.13. The molecule has 0 saturated heterocycles. The molecule has 7 heteroatoms. The van der Waals surface area contributed by atoms with Crippen LogP contribution in [-0.2, 0) is 17.6 Å².